The van der Waals surface area contributed by atoms with E-state index in [1.54, 1.807) is 12.4 Å². The summed E-state index contributed by atoms with van der Waals surface area (Å²) in [5, 5.41) is 6.85. The Balaban J connectivity index is 1.41. The van der Waals surface area contributed by atoms with E-state index < -0.39 is 0 Å². The lowest BCUT2D eigenvalue weighted by atomic mass is 10.1. The number of aromatic nitrogens is 4. The Kier molecular flexibility index (Phi) is 6.11. The van der Waals surface area contributed by atoms with E-state index in [4.69, 9.17) is 19.4 Å². The van der Waals surface area contributed by atoms with Gasteiger partial charge in [-0.1, -0.05) is 0 Å². The molecular formula is C23H29N7O2. The molecule has 2 saturated heterocycles. The fraction of sp³-hybridized carbons (Fsp3) is 0.478. The van der Waals surface area contributed by atoms with Crippen LogP contribution in [0.5, 0.6) is 0 Å². The van der Waals surface area contributed by atoms with Crippen LogP contribution in [0.4, 0.5) is 11.6 Å². The van der Waals surface area contributed by atoms with Gasteiger partial charge in [-0.2, -0.15) is 0 Å². The SMILES string of the molecule is CC1(CNc2nc(-c3ccc(N4CCCOCC4)nc3)cc3nccnc23)CNCCO1. The lowest BCUT2D eigenvalue weighted by molar-refractivity contribution is -0.0425. The molecule has 32 heavy (non-hydrogen) atoms. The van der Waals surface area contributed by atoms with Crippen LogP contribution >= 0.6 is 0 Å². The number of hydrogen-bond acceptors (Lipinski definition) is 9. The van der Waals surface area contributed by atoms with Crippen molar-refractivity contribution in [3.05, 3.63) is 36.8 Å². The number of nitrogens with zero attached hydrogens (tertiary/aromatic N) is 5. The minimum absolute atomic E-state index is 0.301. The second-order valence-electron chi connectivity index (χ2n) is 8.47. The first kappa shape index (κ1) is 21.0. The first-order chi connectivity index (χ1) is 15.7. The van der Waals surface area contributed by atoms with Gasteiger partial charge in [0.05, 0.1) is 30.0 Å². The largest absolute Gasteiger partial charge is 0.380 e. The number of pyridine rings is 2. The van der Waals surface area contributed by atoms with Gasteiger partial charge in [0.15, 0.2) is 5.82 Å². The molecule has 9 nitrogen and oxygen atoms in total. The maximum atomic E-state index is 5.98. The number of ether oxygens (including phenoxy) is 2. The maximum absolute atomic E-state index is 5.98. The van der Waals surface area contributed by atoms with Crippen LogP contribution in [-0.4, -0.2) is 78.1 Å². The molecule has 0 aliphatic carbocycles. The number of anilines is 2. The molecule has 3 aromatic rings. The minimum atomic E-state index is -0.301. The topological polar surface area (TPSA) is 97.3 Å². The number of morpholine rings is 1. The van der Waals surface area contributed by atoms with Crippen molar-refractivity contribution in [1.29, 1.82) is 0 Å². The summed E-state index contributed by atoms with van der Waals surface area (Å²) in [7, 11) is 0. The van der Waals surface area contributed by atoms with Crippen molar-refractivity contribution in [1.82, 2.24) is 25.3 Å². The highest BCUT2D eigenvalue weighted by Gasteiger charge is 2.28. The molecule has 2 fully saturated rings. The Morgan fingerprint density at radius 3 is 2.91 bits per heavy atom. The molecule has 5 heterocycles. The summed E-state index contributed by atoms with van der Waals surface area (Å²) in [4.78, 5) is 20.9. The number of nitrogens with one attached hydrogen (secondary N) is 2. The quantitative estimate of drug-likeness (QED) is 0.624. The Morgan fingerprint density at radius 2 is 2.06 bits per heavy atom. The predicted molar refractivity (Wildman–Crippen MR) is 124 cm³/mol. The smallest absolute Gasteiger partial charge is 0.155 e. The van der Waals surface area contributed by atoms with Gasteiger partial charge in [0.2, 0.25) is 0 Å². The van der Waals surface area contributed by atoms with Gasteiger partial charge < -0.3 is 25.0 Å². The summed E-state index contributed by atoms with van der Waals surface area (Å²) in [6.07, 6.45) is 6.29. The fourth-order valence-electron chi connectivity index (χ4n) is 4.10. The van der Waals surface area contributed by atoms with Crippen LogP contribution in [-0.2, 0) is 9.47 Å². The third-order valence-corrected chi connectivity index (χ3v) is 5.90. The summed E-state index contributed by atoms with van der Waals surface area (Å²) < 4.78 is 11.5. The summed E-state index contributed by atoms with van der Waals surface area (Å²) in [6, 6.07) is 6.08. The van der Waals surface area contributed by atoms with Gasteiger partial charge in [-0.3, -0.25) is 4.98 Å². The Bertz CT molecular complexity index is 1050. The van der Waals surface area contributed by atoms with Crippen molar-refractivity contribution in [2.45, 2.75) is 18.9 Å². The molecule has 0 saturated carbocycles. The molecular weight excluding hydrogens is 406 g/mol. The standard InChI is InChI=1S/C23H29N7O2/c1-23(15-24-7-11-32-23)16-28-22-21-19(25-5-6-26-21)13-18(29-22)17-3-4-20(27-14-17)30-8-2-10-31-12-9-30/h3-6,13-14,24H,2,7-12,15-16H2,1H3,(H,28,29). The van der Waals surface area contributed by atoms with Gasteiger partial charge in [0.25, 0.3) is 0 Å². The van der Waals surface area contributed by atoms with E-state index in [9.17, 15) is 0 Å². The molecule has 0 spiro atoms. The van der Waals surface area contributed by atoms with Gasteiger partial charge in [0.1, 0.15) is 11.3 Å². The van der Waals surface area contributed by atoms with E-state index in [0.717, 1.165) is 73.9 Å². The lowest BCUT2D eigenvalue weighted by Gasteiger charge is -2.34. The molecule has 168 valence electrons. The molecule has 5 rings (SSSR count). The van der Waals surface area contributed by atoms with Gasteiger partial charge in [-0.25, -0.2) is 15.0 Å². The van der Waals surface area contributed by atoms with E-state index in [-0.39, 0.29) is 5.60 Å². The van der Waals surface area contributed by atoms with E-state index >= 15 is 0 Å². The van der Waals surface area contributed by atoms with Crippen LogP contribution in [0.25, 0.3) is 22.3 Å². The number of hydrogen-bond donors (Lipinski definition) is 2. The average molecular weight is 436 g/mol. The zero-order valence-electron chi connectivity index (χ0n) is 18.4. The van der Waals surface area contributed by atoms with Crippen LogP contribution < -0.4 is 15.5 Å². The Morgan fingerprint density at radius 1 is 1.12 bits per heavy atom. The van der Waals surface area contributed by atoms with Crippen molar-refractivity contribution in [2.75, 3.05) is 62.8 Å². The van der Waals surface area contributed by atoms with Gasteiger partial charge in [0, 0.05) is 63.5 Å². The van der Waals surface area contributed by atoms with Crippen molar-refractivity contribution in [3.63, 3.8) is 0 Å². The molecule has 0 radical (unpaired) electrons. The maximum Gasteiger partial charge on any atom is 0.155 e. The van der Waals surface area contributed by atoms with Crippen LogP contribution in [0.3, 0.4) is 0 Å². The average Bonchev–Trinajstić information content (AvgIpc) is 3.13. The molecule has 2 N–H and O–H groups in total. The highest BCUT2D eigenvalue weighted by atomic mass is 16.5. The predicted octanol–water partition coefficient (Wildman–Crippen LogP) is 2.10. The molecule has 9 heteroatoms. The van der Waals surface area contributed by atoms with Crippen LogP contribution in [0.1, 0.15) is 13.3 Å². The Hall–Kier alpha value is -2.88. The van der Waals surface area contributed by atoms with Crippen LogP contribution in [0.15, 0.2) is 36.8 Å². The van der Waals surface area contributed by atoms with Gasteiger partial charge in [-0.05, 0) is 31.5 Å². The van der Waals surface area contributed by atoms with E-state index in [1.165, 1.54) is 0 Å². The van der Waals surface area contributed by atoms with E-state index in [2.05, 4.69) is 44.6 Å². The molecule has 0 bridgehead atoms. The minimum Gasteiger partial charge on any atom is -0.380 e. The van der Waals surface area contributed by atoms with Crippen LogP contribution in [0.2, 0.25) is 0 Å². The van der Waals surface area contributed by atoms with E-state index in [0.29, 0.717) is 19.0 Å². The zero-order chi connectivity index (χ0) is 21.8. The molecule has 0 amide bonds. The van der Waals surface area contributed by atoms with Crippen LogP contribution in [0, 0.1) is 0 Å². The van der Waals surface area contributed by atoms with Gasteiger partial charge >= 0.3 is 0 Å². The molecule has 3 aromatic heterocycles. The second-order valence-corrected chi connectivity index (χ2v) is 8.47. The Labute approximate surface area is 187 Å². The molecule has 2 aliphatic heterocycles. The summed E-state index contributed by atoms with van der Waals surface area (Å²) in [5.41, 5.74) is 2.99. The molecule has 1 atom stereocenters. The van der Waals surface area contributed by atoms with Crippen molar-refractivity contribution in [3.8, 4) is 11.3 Å². The van der Waals surface area contributed by atoms with Crippen molar-refractivity contribution < 1.29 is 9.47 Å². The third-order valence-electron chi connectivity index (χ3n) is 5.90. The number of fused-ring (bicyclic) bond motifs is 1. The summed E-state index contributed by atoms with van der Waals surface area (Å²) >= 11 is 0. The molecule has 1 unspecified atom stereocenters. The zero-order valence-corrected chi connectivity index (χ0v) is 18.4. The first-order valence-electron chi connectivity index (χ1n) is 11.2. The van der Waals surface area contributed by atoms with E-state index in [1.807, 2.05) is 12.3 Å². The van der Waals surface area contributed by atoms with Crippen molar-refractivity contribution in [2.24, 2.45) is 0 Å². The molecule has 0 aromatic carbocycles. The lowest BCUT2D eigenvalue weighted by Crippen LogP contribution is -2.51. The van der Waals surface area contributed by atoms with Gasteiger partial charge in [-0.15, -0.1) is 0 Å². The monoisotopic (exact) mass is 435 g/mol. The number of rotatable bonds is 5. The first-order valence-corrected chi connectivity index (χ1v) is 11.2. The second kappa shape index (κ2) is 9.32. The summed E-state index contributed by atoms with van der Waals surface area (Å²) in [5.74, 6) is 1.67. The highest BCUT2D eigenvalue weighted by Crippen LogP contribution is 2.27. The van der Waals surface area contributed by atoms with Crippen molar-refractivity contribution >= 4 is 22.7 Å². The summed E-state index contributed by atoms with van der Waals surface area (Å²) in [6.45, 7) is 8.46. The normalized spacial score (nSPS) is 22.0. The fourth-order valence-corrected chi connectivity index (χ4v) is 4.10. The highest BCUT2D eigenvalue weighted by molar-refractivity contribution is 5.88. The molecule has 2 aliphatic rings. The third kappa shape index (κ3) is 4.64.